The molecule has 0 fully saturated rings. The third-order valence-corrected chi connectivity index (χ3v) is 4.23. The maximum atomic E-state index is 13.3. The van der Waals surface area contributed by atoms with Crippen LogP contribution in [0.2, 0.25) is 0 Å². The van der Waals surface area contributed by atoms with Crippen molar-refractivity contribution in [1.82, 2.24) is 9.78 Å². The Hall–Kier alpha value is -2.95. The number of amides is 1. The Morgan fingerprint density at radius 2 is 1.92 bits per heavy atom. The highest BCUT2D eigenvalue weighted by molar-refractivity contribution is 6.04. The van der Waals surface area contributed by atoms with Crippen LogP contribution in [-0.2, 0) is 12.8 Å². The SMILES string of the molecule is O=C(Nc1cccc(F)c1)c1nn(-c2ccccc2)c2c1CCC2. The standard InChI is InChI=1S/C19H16FN3O/c20-13-6-4-7-14(12-13)21-19(24)18-16-10-5-11-17(16)23(22-18)15-8-2-1-3-9-15/h1-4,6-9,12H,5,10-11H2,(H,21,24). The summed E-state index contributed by atoms with van der Waals surface area (Å²) in [6.07, 6.45) is 2.76. The number of carbonyl (C=O) groups is 1. The second kappa shape index (κ2) is 5.92. The number of nitrogens with one attached hydrogen (secondary N) is 1. The summed E-state index contributed by atoms with van der Waals surface area (Å²) in [6, 6.07) is 15.7. The number of rotatable bonds is 3. The molecule has 0 saturated carbocycles. The summed E-state index contributed by atoms with van der Waals surface area (Å²) in [6.45, 7) is 0. The molecule has 0 atom stereocenters. The summed E-state index contributed by atoms with van der Waals surface area (Å²) in [5.74, 6) is -0.679. The molecule has 3 aromatic rings. The van der Waals surface area contributed by atoms with Crippen molar-refractivity contribution >= 4 is 11.6 Å². The van der Waals surface area contributed by atoms with Crippen LogP contribution in [0, 0.1) is 5.82 Å². The molecule has 4 rings (SSSR count). The highest BCUT2D eigenvalue weighted by atomic mass is 19.1. The predicted molar refractivity (Wildman–Crippen MR) is 89.9 cm³/mol. The molecule has 1 aromatic heterocycles. The number of halogens is 1. The van der Waals surface area contributed by atoms with E-state index >= 15 is 0 Å². The lowest BCUT2D eigenvalue weighted by Gasteiger charge is -2.05. The molecule has 1 heterocycles. The van der Waals surface area contributed by atoms with E-state index in [1.54, 1.807) is 12.1 Å². The van der Waals surface area contributed by atoms with E-state index < -0.39 is 0 Å². The van der Waals surface area contributed by atoms with E-state index in [4.69, 9.17) is 0 Å². The molecule has 4 nitrogen and oxygen atoms in total. The zero-order chi connectivity index (χ0) is 16.5. The third kappa shape index (κ3) is 2.58. The molecule has 5 heteroatoms. The molecule has 0 spiro atoms. The van der Waals surface area contributed by atoms with Gasteiger partial charge in [-0.05, 0) is 49.6 Å². The first kappa shape index (κ1) is 14.6. The van der Waals surface area contributed by atoms with Gasteiger partial charge < -0.3 is 5.32 Å². The van der Waals surface area contributed by atoms with Gasteiger partial charge in [0.1, 0.15) is 5.82 Å². The van der Waals surface area contributed by atoms with Gasteiger partial charge in [-0.1, -0.05) is 24.3 Å². The second-order valence-corrected chi connectivity index (χ2v) is 5.84. The van der Waals surface area contributed by atoms with Gasteiger partial charge in [0.2, 0.25) is 0 Å². The van der Waals surface area contributed by atoms with Crippen LogP contribution in [0.15, 0.2) is 54.6 Å². The zero-order valence-corrected chi connectivity index (χ0v) is 13.0. The van der Waals surface area contributed by atoms with Gasteiger partial charge in [-0.25, -0.2) is 9.07 Å². The van der Waals surface area contributed by atoms with Crippen LogP contribution >= 0.6 is 0 Å². The number of carbonyl (C=O) groups excluding carboxylic acids is 1. The molecular formula is C19H16FN3O. The predicted octanol–water partition coefficient (Wildman–Crippen LogP) is 3.75. The Balaban J connectivity index is 1.70. The van der Waals surface area contributed by atoms with Gasteiger partial charge in [-0.2, -0.15) is 5.10 Å². The average Bonchev–Trinajstić information content (AvgIpc) is 3.17. The van der Waals surface area contributed by atoms with Crippen molar-refractivity contribution in [2.24, 2.45) is 0 Å². The van der Waals surface area contributed by atoms with Crippen LogP contribution in [-0.4, -0.2) is 15.7 Å². The van der Waals surface area contributed by atoms with Gasteiger partial charge in [0.25, 0.3) is 5.91 Å². The van der Waals surface area contributed by atoms with E-state index in [-0.39, 0.29) is 11.7 Å². The van der Waals surface area contributed by atoms with E-state index in [1.807, 2.05) is 35.0 Å². The van der Waals surface area contributed by atoms with Gasteiger partial charge in [-0.3, -0.25) is 4.79 Å². The lowest BCUT2D eigenvalue weighted by atomic mass is 10.2. The number of hydrogen-bond acceptors (Lipinski definition) is 2. The number of aromatic nitrogens is 2. The first-order valence-electron chi connectivity index (χ1n) is 7.95. The monoisotopic (exact) mass is 321 g/mol. The summed E-state index contributed by atoms with van der Waals surface area (Å²) in [5.41, 5.74) is 3.88. The van der Waals surface area contributed by atoms with Crippen molar-refractivity contribution in [2.45, 2.75) is 19.3 Å². The first-order chi connectivity index (χ1) is 11.7. The molecule has 0 saturated heterocycles. The Bertz CT molecular complexity index is 902. The number of anilines is 1. The minimum absolute atomic E-state index is 0.298. The second-order valence-electron chi connectivity index (χ2n) is 5.84. The fourth-order valence-corrected chi connectivity index (χ4v) is 3.16. The van der Waals surface area contributed by atoms with Gasteiger partial charge in [-0.15, -0.1) is 0 Å². The fraction of sp³-hybridized carbons (Fsp3) is 0.158. The molecule has 24 heavy (non-hydrogen) atoms. The molecule has 1 N–H and O–H groups in total. The van der Waals surface area contributed by atoms with Crippen molar-refractivity contribution in [1.29, 1.82) is 0 Å². The zero-order valence-electron chi connectivity index (χ0n) is 13.0. The number of benzene rings is 2. The smallest absolute Gasteiger partial charge is 0.276 e. The Morgan fingerprint density at radius 3 is 2.71 bits per heavy atom. The van der Waals surface area contributed by atoms with Gasteiger partial charge in [0, 0.05) is 16.9 Å². The van der Waals surface area contributed by atoms with E-state index in [0.717, 1.165) is 36.2 Å². The number of hydrogen-bond donors (Lipinski definition) is 1. The molecule has 1 aliphatic carbocycles. The lowest BCUT2D eigenvalue weighted by Crippen LogP contribution is -2.15. The van der Waals surface area contributed by atoms with Crippen molar-refractivity contribution in [3.63, 3.8) is 0 Å². The van der Waals surface area contributed by atoms with Crippen molar-refractivity contribution in [3.8, 4) is 5.69 Å². The molecule has 1 amide bonds. The van der Waals surface area contributed by atoms with Crippen LogP contribution in [0.25, 0.3) is 5.69 Å². The summed E-state index contributed by atoms with van der Waals surface area (Å²) >= 11 is 0. The van der Waals surface area contributed by atoms with Crippen molar-refractivity contribution in [3.05, 3.63) is 77.4 Å². The molecule has 0 radical (unpaired) electrons. The van der Waals surface area contributed by atoms with Gasteiger partial charge in [0.05, 0.1) is 5.69 Å². The van der Waals surface area contributed by atoms with E-state index in [9.17, 15) is 9.18 Å². The summed E-state index contributed by atoms with van der Waals surface area (Å²) in [7, 11) is 0. The summed E-state index contributed by atoms with van der Waals surface area (Å²) < 4.78 is 15.1. The Kier molecular flexibility index (Phi) is 3.61. The van der Waals surface area contributed by atoms with E-state index in [1.165, 1.54) is 12.1 Å². The quantitative estimate of drug-likeness (QED) is 0.798. The van der Waals surface area contributed by atoms with E-state index in [2.05, 4.69) is 10.4 Å². The molecular weight excluding hydrogens is 305 g/mol. The molecule has 0 aliphatic heterocycles. The number of fused-ring (bicyclic) bond motifs is 1. The maximum Gasteiger partial charge on any atom is 0.276 e. The van der Waals surface area contributed by atoms with Crippen LogP contribution < -0.4 is 5.32 Å². The summed E-state index contributed by atoms with van der Waals surface area (Å²) in [4.78, 5) is 12.6. The number of nitrogens with zero attached hydrogens (tertiary/aromatic N) is 2. The molecule has 120 valence electrons. The van der Waals surface area contributed by atoms with Crippen LogP contribution in [0.3, 0.4) is 0 Å². The minimum atomic E-state index is -0.382. The fourth-order valence-electron chi connectivity index (χ4n) is 3.16. The van der Waals surface area contributed by atoms with E-state index in [0.29, 0.717) is 11.4 Å². The molecule has 0 unspecified atom stereocenters. The Morgan fingerprint density at radius 1 is 1.08 bits per heavy atom. The van der Waals surface area contributed by atoms with Crippen molar-refractivity contribution < 1.29 is 9.18 Å². The largest absolute Gasteiger partial charge is 0.320 e. The number of para-hydroxylation sites is 1. The van der Waals surface area contributed by atoms with Crippen molar-refractivity contribution in [2.75, 3.05) is 5.32 Å². The summed E-state index contributed by atoms with van der Waals surface area (Å²) in [5, 5.41) is 7.27. The topological polar surface area (TPSA) is 46.9 Å². The van der Waals surface area contributed by atoms with Gasteiger partial charge in [0.15, 0.2) is 5.69 Å². The molecule has 2 aromatic carbocycles. The van der Waals surface area contributed by atoms with Crippen LogP contribution in [0.1, 0.15) is 28.2 Å². The Labute approximate surface area is 138 Å². The van der Waals surface area contributed by atoms with Crippen LogP contribution in [0.4, 0.5) is 10.1 Å². The normalized spacial score (nSPS) is 12.9. The van der Waals surface area contributed by atoms with Crippen LogP contribution in [0.5, 0.6) is 0 Å². The minimum Gasteiger partial charge on any atom is -0.320 e. The average molecular weight is 321 g/mol. The highest BCUT2D eigenvalue weighted by Crippen LogP contribution is 2.28. The third-order valence-electron chi connectivity index (χ3n) is 4.23. The lowest BCUT2D eigenvalue weighted by molar-refractivity contribution is 0.102. The highest BCUT2D eigenvalue weighted by Gasteiger charge is 2.26. The van der Waals surface area contributed by atoms with Gasteiger partial charge >= 0.3 is 0 Å². The first-order valence-corrected chi connectivity index (χ1v) is 7.95. The molecule has 0 bridgehead atoms. The molecule has 1 aliphatic rings. The maximum absolute atomic E-state index is 13.3.